The van der Waals surface area contributed by atoms with E-state index in [1.54, 1.807) is 19.2 Å². The maximum absolute atomic E-state index is 12.8. The molecule has 1 fully saturated rings. The Balaban J connectivity index is 1.27. The topological polar surface area (TPSA) is 116 Å². The molecular formula is C22H18F3N5O4. The molecule has 176 valence electrons. The molecule has 1 aliphatic rings. The Hall–Kier alpha value is -3.80. The molecule has 1 aromatic carbocycles. The molecule has 0 saturated heterocycles. The van der Waals surface area contributed by atoms with Crippen molar-refractivity contribution in [3.8, 4) is 5.75 Å². The maximum Gasteiger partial charge on any atom is 0.573 e. The van der Waals surface area contributed by atoms with Crippen molar-refractivity contribution in [3.63, 3.8) is 0 Å². The Bertz CT molecular complexity index is 1410. The Morgan fingerprint density at radius 2 is 1.94 bits per heavy atom. The fourth-order valence-corrected chi connectivity index (χ4v) is 4.12. The maximum atomic E-state index is 12.8. The number of rotatable bonds is 5. The minimum atomic E-state index is -4.78. The number of benzene rings is 1. The average molecular weight is 473 g/mol. The van der Waals surface area contributed by atoms with E-state index in [1.165, 1.54) is 23.0 Å². The smallest absolute Gasteiger partial charge is 0.406 e. The number of nitrogens with zero attached hydrogens (tertiary/aromatic N) is 5. The molecule has 12 heteroatoms. The highest BCUT2D eigenvalue weighted by molar-refractivity contribution is 5.76. The van der Waals surface area contributed by atoms with Gasteiger partial charge in [0.15, 0.2) is 11.5 Å². The summed E-state index contributed by atoms with van der Waals surface area (Å²) in [5.41, 5.74) is 0.103. The standard InChI is InChI=1S/C22H18F3N5O4/c1-12-6-7-26-19-17(12)20(31)30(11-27-19)10-16-28-18(29-34-16)13-8-21(32,9-13)14-2-4-15(5-3-14)33-22(23,24)25/h2-7,11,13,32H,8-10H2,1H3. The Kier molecular flexibility index (Phi) is 5.12. The lowest BCUT2D eigenvalue weighted by molar-refractivity contribution is -0.274. The lowest BCUT2D eigenvalue weighted by Crippen LogP contribution is -2.40. The van der Waals surface area contributed by atoms with E-state index in [0.717, 1.165) is 17.7 Å². The number of hydrogen-bond donors (Lipinski definition) is 1. The van der Waals surface area contributed by atoms with Gasteiger partial charge in [0, 0.05) is 12.1 Å². The zero-order chi connectivity index (χ0) is 24.1. The summed E-state index contributed by atoms with van der Waals surface area (Å²) in [4.78, 5) is 25.4. The van der Waals surface area contributed by atoms with Crippen molar-refractivity contribution in [1.29, 1.82) is 0 Å². The highest BCUT2D eigenvalue weighted by atomic mass is 19.4. The summed E-state index contributed by atoms with van der Waals surface area (Å²) >= 11 is 0. The van der Waals surface area contributed by atoms with Crippen LogP contribution in [-0.2, 0) is 12.1 Å². The number of aryl methyl sites for hydroxylation is 1. The van der Waals surface area contributed by atoms with Gasteiger partial charge in [0.1, 0.15) is 18.6 Å². The fourth-order valence-electron chi connectivity index (χ4n) is 4.12. The van der Waals surface area contributed by atoms with Crippen molar-refractivity contribution < 1.29 is 27.5 Å². The Morgan fingerprint density at radius 1 is 1.21 bits per heavy atom. The molecule has 1 saturated carbocycles. The first-order valence-electron chi connectivity index (χ1n) is 10.3. The molecule has 0 bridgehead atoms. The summed E-state index contributed by atoms with van der Waals surface area (Å²) in [6.45, 7) is 1.83. The summed E-state index contributed by atoms with van der Waals surface area (Å²) in [7, 11) is 0. The molecule has 0 radical (unpaired) electrons. The SMILES string of the molecule is Cc1ccnc2ncn(Cc3nc(C4CC(O)(c5ccc(OC(F)(F)F)cc5)C4)no3)c(=O)c12. The van der Waals surface area contributed by atoms with Crippen LogP contribution in [0.15, 0.2) is 52.2 Å². The lowest BCUT2D eigenvalue weighted by atomic mass is 9.67. The largest absolute Gasteiger partial charge is 0.573 e. The van der Waals surface area contributed by atoms with Gasteiger partial charge in [-0.05, 0) is 49.1 Å². The minimum Gasteiger partial charge on any atom is -0.406 e. The molecule has 1 aliphatic carbocycles. The molecule has 3 heterocycles. The van der Waals surface area contributed by atoms with Gasteiger partial charge < -0.3 is 14.4 Å². The molecule has 4 aromatic rings. The predicted molar refractivity (Wildman–Crippen MR) is 111 cm³/mol. The van der Waals surface area contributed by atoms with Crippen molar-refractivity contribution in [2.75, 3.05) is 0 Å². The number of fused-ring (bicyclic) bond motifs is 1. The van der Waals surface area contributed by atoms with Gasteiger partial charge in [0.05, 0.1) is 11.0 Å². The molecule has 3 aromatic heterocycles. The fraction of sp³-hybridized carbons (Fsp3) is 0.318. The van der Waals surface area contributed by atoms with Gasteiger partial charge in [-0.15, -0.1) is 13.2 Å². The van der Waals surface area contributed by atoms with Crippen LogP contribution in [0.1, 0.15) is 41.6 Å². The van der Waals surface area contributed by atoms with Crippen LogP contribution in [0, 0.1) is 6.92 Å². The van der Waals surface area contributed by atoms with Gasteiger partial charge in [-0.3, -0.25) is 9.36 Å². The average Bonchev–Trinajstić information content (AvgIpc) is 3.21. The summed E-state index contributed by atoms with van der Waals surface area (Å²) in [5.74, 6) is 0.0367. The van der Waals surface area contributed by atoms with Crippen molar-refractivity contribution in [1.82, 2.24) is 24.7 Å². The van der Waals surface area contributed by atoms with Crippen LogP contribution in [0.4, 0.5) is 13.2 Å². The second kappa shape index (κ2) is 7.90. The van der Waals surface area contributed by atoms with E-state index in [1.807, 2.05) is 0 Å². The van der Waals surface area contributed by atoms with Crippen LogP contribution >= 0.6 is 0 Å². The molecule has 9 nitrogen and oxygen atoms in total. The first kappa shape index (κ1) is 22.0. The second-order valence-corrected chi connectivity index (χ2v) is 8.26. The normalized spacial score (nSPS) is 20.3. The molecule has 0 unspecified atom stereocenters. The number of aromatic nitrogens is 5. The molecular weight excluding hydrogens is 455 g/mol. The van der Waals surface area contributed by atoms with E-state index < -0.39 is 12.0 Å². The van der Waals surface area contributed by atoms with Crippen LogP contribution in [0.5, 0.6) is 5.75 Å². The van der Waals surface area contributed by atoms with Gasteiger partial charge in [-0.2, -0.15) is 4.98 Å². The van der Waals surface area contributed by atoms with Crippen LogP contribution in [-0.4, -0.2) is 36.1 Å². The number of hydrogen-bond acceptors (Lipinski definition) is 8. The van der Waals surface area contributed by atoms with Crippen molar-refractivity contribution in [2.45, 2.75) is 44.2 Å². The van der Waals surface area contributed by atoms with Gasteiger partial charge in [-0.25, -0.2) is 9.97 Å². The Morgan fingerprint density at radius 3 is 2.65 bits per heavy atom. The highest BCUT2D eigenvalue weighted by Crippen LogP contribution is 2.50. The molecule has 0 atom stereocenters. The van der Waals surface area contributed by atoms with Gasteiger partial charge >= 0.3 is 6.36 Å². The highest BCUT2D eigenvalue weighted by Gasteiger charge is 2.46. The number of pyridine rings is 1. The molecule has 0 aliphatic heterocycles. The van der Waals surface area contributed by atoms with Gasteiger partial charge in [0.25, 0.3) is 5.56 Å². The third-order valence-electron chi connectivity index (χ3n) is 5.88. The van der Waals surface area contributed by atoms with Crippen molar-refractivity contribution >= 4 is 11.0 Å². The predicted octanol–water partition coefficient (Wildman–Crippen LogP) is 3.20. The lowest BCUT2D eigenvalue weighted by Gasteiger charge is -2.42. The van der Waals surface area contributed by atoms with Gasteiger partial charge in [-0.1, -0.05) is 17.3 Å². The van der Waals surface area contributed by atoms with Crippen LogP contribution < -0.4 is 10.3 Å². The van der Waals surface area contributed by atoms with E-state index in [9.17, 15) is 23.1 Å². The third kappa shape index (κ3) is 4.12. The summed E-state index contributed by atoms with van der Waals surface area (Å²) in [5, 5.41) is 15.2. The third-order valence-corrected chi connectivity index (χ3v) is 5.88. The minimum absolute atomic E-state index is 0.0285. The van der Waals surface area contributed by atoms with Crippen molar-refractivity contribution in [2.24, 2.45) is 0 Å². The Labute approximate surface area is 189 Å². The van der Waals surface area contributed by atoms with E-state index in [-0.39, 0.29) is 42.5 Å². The van der Waals surface area contributed by atoms with E-state index >= 15 is 0 Å². The molecule has 34 heavy (non-hydrogen) atoms. The number of halogens is 3. The summed E-state index contributed by atoms with van der Waals surface area (Å²) in [6, 6.07) is 6.85. The zero-order valence-corrected chi connectivity index (χ0v) is 17.8. The van der Waals surface area contributed by atoms with Crippen LogP contribution in [0.3, 0.4) is 0 Å². The van der Waals surface area contributed by atoms with Crippen LogP contribution in [0.2, 0.25) is 0 Å². The van der Waals surface area contributed by atoms with Gasteiger partial charge in [0.2, 0.25) is 5.89 Å². The first-order chi connectivity index (χ1) is 16.1. The van der Waals surface area contributed by atoms with E-state index in [4.69, 9.17) is 4.52 Å². The number of ether oxygens (including phenoxy) is 1. The second-order valence-electron chi connectivity index (χ2n) is 8.26. The number of alkyl halides is 3. The number of aliphatic hydroxyl groups is 1. The molecule has 0 amide bonds. The van der Waals surface area contributed by atoms with E-state index in [0.29, 0.717) is 22.4 Å². The monoisotopic (exact) mass is 473 g/mol. The van der Waals surface area contributed by atoms with Crippen molar-refractivity contribution in [3.05, 3.63) is 76.1 Å². The zero-order valence-electron chi connectivity index (χ0n) is 17.8. The molecule has 1 N–H and O–H groups in total. The molecule has 5 rings (SSSR count). The van der Waals surface area contributed by atoms with Crippen LogP contribution in [0.25, 0.3) is 11.0 Å². The molecule has 0 spiro atoms. The quantitative estimate of drug-likeness (QED) is 0.470. The first-order valence-corrected chi connectivity index (χ1v) is 10.3. The summed E-state index contributed by atoms with van der Waals surface area (Å²) in [6.07, 6.45) is -1.28. The van der Waals surface area contributed by atoms with E-state index in [2.05, 4.69) is 24.8 Å². The summed E-state index contributed by atoms with van der Waals surface area (Å²) < 4.78 is 47.5.